The Morgan fingerprint density at radius 2 is 2.17 bits per heavy atom. The quantitative estimate of drug-likeness (QED) is 0.883. The smallest absolute Gasteiger partial charge is 0.356 e. The number of carboxylic acid groups (broad SMARTS) is 1. The normalized spacial score (nSPS) is 18.1. The van der Waals surface area contributed by atoms with E-state index in [9.17, 15) is 4.79 Å². The van der Waals surface area contributed by atoms with Gasteiger partial charge in [-0.3, -0.25) is 4.68 Å². The van der Waals surface area contributed by atoms with E-state index in [1.807, 2.05) is 11.6 Å². The van der Waals surface area contributed by atoms with Crippen molar-refractivity contribution in [1.29, 1.82) is 0 Å². The van der Waals surface area contributed by atoms with E-state index in [2.05, 4.69) is 17.0 Å². The SMILES string of the molecule is Cc1cc(C(=O)O)nn1CCC1CCN(C)CC1. The van der Waals surface area contributed by atoms with Gasteiger partial charge in [-0.1, -0.05) is 0 Å². The maximum absolute atomic E-state index is 10.8. The monoisotopic (exact) mass is 251 g/mol. The van der Waals surface area contributed by atoms with Gasteiger partial charge in [0.2, 0.25) is 0 Å². The number of carbonyl (C=O) groups is 1. The number of hydrogen-bond acceptors (Lipinski definition) is 3. The van der Waals surface area contributed by atoms with Crippen LogP contribution in [0.5, 0.6) is 0 Å². The molecule has 1 aliphatic heterocycles. The molecule has 0 aliphatic carbocycles. The van der Waals surface area contributed by atoms with Gasteiger partial charge >= 0.3 is 5.97 Å². The highest BCUT2D eigenvalue weighted by Crippen LogP contribution is 2.20. The average molecular weight is 251 g/mol. The lowest BCUT2D eigenvalue weighted by atomic mass is 9.94. The zero-order valence-corrected chi connectivity index (χ0v) is 11.1. The topological polar surface area (TPSA) is 58.4 Å². The van der Waals surface area contributed by atoms with Crippen molar-refractivity contribution < 1.29 is 9.90 Å². The van der Waals surface area contributed by atoms with E-state index in [0.29, 0.717) is 0 Å². The van der Waals surface area contributed by atoms with Crippen LogP contribution in [0.2, 0.25) is 0 Å². The van der Waals surface area contributed by atoms with Crippen LogP contribution in [-0.2, 0) is 6.54 Å². The lowest BCUT2D eigenvalue weighted by Crippen LogP contribution is -2.30. The Kier molecular flexibility index (Phi) is 4.01. The van der Waals surface area contributed by atoms with Crippen LogP contribution in [-0.4, -0.2) is 45.9 Å². The Bertz CT molecular complexity index is 420. The number of carboxylic acids is 1. The molecule has 0 bridgehead atoms. The molecule has 0 amide bonds. The van der Waals surface area contributed by atoms with Crippen LogP contribution >= 0.6 is 0 Å². The first-order chi connectivity index (χ1) is 8.56. The molecule has 0 aromatic carbocycles. The van der Waals surface area contributed by atoms with Crippen molar-refractivity contribution in [3.8, 4) is 0 Å². The molecule has 5 heteroatoms. The standard InChI is InChI=1S/C13H21N3O2/c1-10-9-12(13(17)18)14-16(10)8-5-11-3-6-15(2)7-4-11/h9,11H,3-8H2,1-2H3,(H,17,18). The highest BCUT2D eigenvalue weighted by molar-refractivity contribution is 5.85. The van der Waals surface area contributed by atoms with Crippen molar-refractivity contribution in [3.63, 3.8) is 0 Å². The molecule has 5 nitrogen and oxygen atoms in total. The molecule has 1 N–H and O–H groups in total. The second-order valence-electron chi connectivity index (χ2n) is 5.23. The summed E-state index contributed by atoms with van der Waals surface area (Å²) >= 11 is 0. The van der Waals surface area contributed by atoms with Gasteiger partial charge in [-0.2, -0.15) is 5.10 Å². The molecule has 0 atom stereocenters. The zero-order chi connectivity index (χ0) is 13.1. The first kappa shape index (κ1) is 13.1. The van der Waals surface area contributed by atoms with Crippen molar-refractivity contribution in [3.05, 3.63) is 17.5 Å². The summed E-state index contributed by atoms with van der Waals surface area (Å²) in [6, 6.07) is 1.64. The fourth-order valence-electron chi connectivity index (χ4n) is 2.50. The Balaban J connectivity index is 1.88. The molecule has 100 valence electrons. The van der Waals surface area contributed by atoms with Gasteiger partial charge in [-0.15, -0.1) is 0 Å². The molecule has 2 heterocycles. The molecule has 1 aliphatic rings. The Labute approximate surface area is 107 Å². The van der Waals surface area contributed by atoms with E-state index in [4.69, 9.17) is 5.11 Å². The van der Waals surface area contributed by atoms with Crippen LogP contribution in [0, 0.1) is 12.8 Å². The molecular weight excluding hydrogens is 230 g/mol. The van der Waals surface area contributed by atoms with Gasteiger partial charge in [0.25, 0.3) is 0 Å². The summed E-state index contributed by atoms with van der Waals surface area (Å²) in [7, 11) is 2.16. The van der Waals surface area contributed by atoms with Crippen LogP contribution in [0.1, 0.15) is 35.4 Å². The van der Waals surface area contributed by atoms with Gasteiger partial charge in [0, 0.05) is 12.2 Å². The minimum absolute atomic E-state index is 0.149. The number of piperidine rings is 1. The second kappa shape index (κ2) is 5.52. The Morgan fingerprint density at radius 1 is 1.50 bits per heavy atom. The molecule has 0 unspecified atom stereocenters. The lowest BCUT2D eigenvalue weighted by molar-refractivity contribution is 0.0689. The molecular formula is C13H21N3O2. The van der Waals surface area contributed by atoms with Crippen LogP contribution in [0.15, 0.2) is 6.07 Å². The number of aromatic carboxylic acids is 1. The summed E-state index contributed by atoms with van der Waals surface area (Å²) < 4.78 is 1.82. The summed E-state index contributed by atoms with van der Waals surface area (Å²) in [6.45, 7) is 5.08. The molecule has 18 heavy (non-hydrogen) atoms. The average Bonchev–Trinajstić information content (AvgIpc) is 2.70. The fraction of sp³-hybridized carbons (Fsp3) is 0.692. The number of aryl methyl sites for hydroxylation is 2. The second-order valence-corrected chi connectivity index (χ2v) is 5.23. The zero-order valence-electron chi connectivity index (χ0n) is 11.1. The number of likely N-dealkylation sites (tertiary alicyclic amines) is 1. The summed E-state index contributed by atoms with van der Waals surface area (Å²) in [5.74, 6) is -0.200. The number of rotatable bonds is 4. The van der Waals surface area contributed by atoms with Gasteiger partial charge in [0.1, 0.15) is 0 Å². The van der Waals surface area contributed by atoms with E-state index in [1.165, 1.54) is 25.9 Å². The largest absolute Gasteiger partial charge is 0.476 e. The van der Waals surface area contributed by atoms with Crippen molar-refractivity contribution in [2.75, 3.05) is 20.1 Å². The van der Waals surface area contributed by atoms with Crippen LogP contribution in [0.4, 0.5) is 0 Å². The third kappa shape index (κ3) is 3.10. The van der Waals surface area contributed by atoms with Gasteiger partial charge in [0.15, 0.2) is 5.69 Å². The van der Waals surface area contributed by atoms with Gasteiger partial charge in [-0.05, 0) is 58.3 Å². The van der Waals surface area contributed by atoms with E-state index >= 15 is 0 Å². The molecule has 0 spiro atoms. The number of aromatic nitrogens is 2. The van der Waals surface area contributed by atoms with Crippen molar-refractivity contribution in [2.45, 2.75) is 32.7 Å². The summed E-state index contributed by atoms with van der Waals surface area (Å²) in [5.41, 5.74) is 1.08. The predicted octanol–water partition coefficient (Wildman–Crippen LogP) is 1.62. The maximum atomic E-state index is 10.8. The Hall–Kier alpha value is -1.36. The van der Waals surface area contributed by atoms with E-state index in [1.54, 1.807) is 6.07 Å². The lowest BCUT2D eigenvalue weighted by Gasteiger charge is -2.28. The molecule has 2 rings (SSSR count). The Morgan fingerprint density at radius 3 is 2.72 bits per heavy atom. The summed E-state index contributed by atoms with van der Waals surface area (Å²) in [5, 5.41) is 13.0. The van der Waals surface area contributed by atoms with Crippen molar-refractivity contribution in [2.24, 2.45) is 5.92 Å². The maximum Gasteiger partial charge on any atom is 0.356 e. The van der Waals surface area contributed by atoms with Crippen LogP contribution < -0.4 is 0 Å². The predicted molar refractivity (Wildman–Crippen MR) is 68.8 cm³/mol. The molecule has 0 radical (unpaired) electrons. The first-order valence-corrected chi connectivity index (χ1v) is 6.52. The van der Waals surface area contributed by atoms with Gasteiger partial charge in [0.05, 0.1) is 0 Å². The van der Waals surface area contributed by atoms with Crippen molar-refractivity contribution in [1.82, 2.24) is 14.7 Å². The summed E-state index contributed by atoms with van der Waals surface area (Å²) in [6.07, 6.45) is 3.57. The molecule has 1 aromatic rings. The molecule has 0 saturated carbocycles. The van der Waals surface area contributed by atoms with Crippen molar-refractivity contribution >= 4 is 5.97 Å². The third-order valence-electron chi connectivity index (χ3n) is 3.79. The molecule has 1 fully saturated rings. The first-order valence-electron chi connectivity index (χ1n) is 6.52. The highest BCUT2D eigenvalue weighted by atomic mass is 16.4. The molecule has 1 saturated heterocycles. The minimum atomic E-state index is -0.948. The van der Waals surface area contributed by atoms with E-state index in [0.717, 1.165) is 24.6 Å². The van der Waals surface area contributed by atoms with E-state index < -0.39 is 5.97 Å². The number of hydrogen-bond donors (Lipinski definition) is 1. The summed E-state index contributed by atoms with van der Waals surface area (Å²) in [4.78, 5) is 13.2. The van der Waals surface area contributed by atoms with Crippen LogP contribution in [0.3, 0.4) is 0 Å². The highest BCUT2D eigenvalue weighted by Gasteiger charge is 2.17. The van der Waals surface area contributed by atoms with Gasteiger partial charge < -0.3 is 10.0 Å². The number of nitrogens with zero attached hydrogens (tertiary/aromatic N) is 3. The fourth-order valence-corrected chi connectivity index (χ4v) is 2.50. The van der Waals surface area contributed by atoms with Crippen LogP contribution in [0.25, 0.3) is 0 Å². The third-order valence-corrected chi connectivity index (χ3v) is 3.79. The van der Waals surface area contributed by atoms with E-state index in [-0.39, 0.29) is 5.69 Å². The minimum Gasteiger partial charge on any atom is -0.476 e. The van der Waals surface area contributed by atoms with Gasteiger partial charge in [-0.25, -0.2) is 4.79 Å². The molecule has 1 aromatic heterocycles.